The minimum atomic E-state index is -0.715. The fourth-order valence-corrected chi connectivity index (χ4v) is 10.3. The summed E-state index contributed by atoms with van der Waals surface area (Å²) in [5, 5.41) is 21.6. The number of nitrogens with zero attached hydrogens (tertiary/aromatic N) is 1. The second-order valence-corrected chi connectivity index (χ2v) is 14.8. The van der Waals surface area contributed by atoms with Crippen LogP contribution in [0.5, 0.6) is 0 Å². The van der Waals surface area contributed by atoms with Gasteiger partial charge in [-0.15, -0.1) is 0 Å². The highest BCUT2D eigenvalue weighted by Crippen LogP contribution is 2.74. The number of allylic oxidation sites excluding steroid dienone is 2. The summed E-state index contributed by atoms with van der Waals surface area (Å²) < 4.78 is 0. The Morgan fingerprint density at radius 2 is 1.56 bits per heavy atom. The standard InChI is InChI=1S/C30H43NO3/c1-25(2)10-12-30(34)13-11-29(7)23(19(30)16-25)20(32)14-22-27(5)15-18(17-31)24(33)26(3,4)21(27)8-9-28(22,29)6/h15,19,21-23,34H,8-14,16H2,1-7H3/t19?,21-,22?,23?,27-,28+,29+,30-/m0/s1. The molecule has 0 saturated heterocycles. The number of rotatable bonds is 0. The van der Waals surface area contributed by atoms with Crippen LogP contribution in [0.3, 0.4) is 0 Å². The molecular weight excluding hydrogens is 422 g/mol. The van der Waals surface area contributed by atoms with E-state index in [1.165, 1.54) is 0 Å². The van der Waals surface area contributed by atoms with Gasteiger partial charge in [0, 0.05) is 17.8 Å². The van der Waals surface area contributed by atoms with Crippen molar-refractivity contribution < 1.29 is 14.7 Å². The van der Waals surface area contributed by atoms with Crippen LogP contribution < -0.4 is 0 Å². The molecule has 3 unspecified atom stereocenters. The van der Waals surface area contributed by atoms with Crippen molar-refractivity contribution in [3.05, 3.63) is 11.6 Å². The largest absolute Gasteiger partial charge is 0.390 e. The number of aliphatic hydroxyl groups is 1. The van der Waals surface area contributed by atoms with E-state index >= 15 is 0 Å². The van der Waals surface area contributed by atoms with Crippen LogP contribution >= 0.6 is 0 Å². The fourth-order valence-electron chi connectivity index (χ4n) is 10.3. The Hall–Kier alpha value is -1.47. The smallest absolute Gasteiger partial charge is 0.178 e. The Balaban J connectivity index is 1.63. The summed E-state index contributed by atoms with van der Waals surface area (Å²) in [6, 6.07) is 2.20. The quantitative estimate of drug-likeness (QED) is 0.474. The van der Waals surface area contributed by atoms with Gasteiger partial charge in [-0.3, -0.25) is 9.59 Å². The predicted octanol–water partition coefficient (Wildman–Crippen LogP) is 6.03. The Kier molecular flexibility index (Phi) is 4.88. The van der Waals surface area contributed by atoms with E-state index in [9.17, 15) is 20.0 Å². The summed E-state index contributed by atoms with van der Waals surface area (Å²) in [5.41, 5.74) is -1.51. The van der Waals surface area contributed by atoms with E-state index in [1.807, 2.05) is 19.9 Å². The molecule has 4 heteroatoms. The molecule has 0 aromatic carbocycles. The van der Waals surface area contributed by atoms with Crippen molar-refractivity contribution in [3.63, 3.8) is 0 Å². The van der Waals surface area contributed by atoms with E-state index in [2.05, 4.69) is 40.7 Å². The van der Waals surface area contributed by atoms with E-state index in [1.54, 1.807) is 0 Å². The Morgan fingerprint density at radius 3 is 2.21 bits per heavy atom. The molecule has 0 heterocycles. The number of hydrogen-bond acceptors (Lipinski definition) is 4. The van der Waals surface area contributed by atoms with Crippen LogP contribution in [-0.4, -0.2) is 22.3 Å². The zero-order valence-electron chi connectivity index (χ0n) is 22.3. The highest BCUT2D eigenvalue weighted by Gasteiger charge is 2.72. The molecule has 1 N–H and O–H groups in total. The number of Topliss-reactive ketones (excluding diaryl/α,β-unsaturated/α-hetero) is 2. The van der Waals surface area contributed by atoms with Crippen LogP contribution in [0.2, 0.25) is 0 Å². The van der Waals surface area contributed by atoms with Crippen molar-refractivity contribution in [2.75, 3.05) is 0 Å². The lowest BCUT2D eigenvalue weighted by Gasteiger charge is -2.71. The lowest BCUT2D eigenvalue weighted by Crippen LogP contribution is -2.69. The van der Waals surface area contributed by atoms with Crippen molar-refractivity contribution in [2.24, 2.45) is 50.7 Å². The summed E-state index contributed by atoms with van der Waals surface area (Å²) in [4.78, 5) is 27.3. The van der Waals surface area contributed by atoms with Gasteiger partial charge in [0.1, 0.15) is 11.9 Å². The van der Waals surface area contributed by atoms with Crippen LogP contribution in [0, 0.1) is 62.1 Å². The van der Waals surface area contributed by atoms with Gasteiger partial charge < -0.3 is 5.11 Å². The first-order valence-corrected chi connectivity index (χ1v) is 13.5. The Morgan fingerprint density at radius 1 is 0.912 bits per heavy atom. The summed E-state index contributed by atoms with van der Waals surface area (Å²) in [6.45, 7) is 15.6. The first-order valence-electron chi connectivity index (χ1n) is 13.5. The lowest BCUT2D eigenvalue weighted by molar-refractivity contribution is -0.236. The average Bonchev–Trinajstić information content (AvgIpc) is 2.74. The molecule has 4 saturated carbocycles. The molecule has 5 aliphatic rings. The molecule has 186 valence electrons. The highest BCUT2D eigenvalue weighted by molar-refractivity contribution is 6.04. The van der Waals surface area contributed by atoms with Gasteiger partial charge >= 0.3 is 0 Å². The first-order chi connectivity index (χ1) is 15.6. The van der Waals surface area contributed by atoms with Crippen LogP contribution in [-0.2, 0) is 9.59 Å². The Labute approximate surface area is 205 Å². The Bertz CT molecular complexity index is 1030. The van der Waals surface area contributed by atoms with Gasteiger partial charge in [0.05, 0.1) is 11.2 Å². The minimum Gasteiger partial charge on any atom is -0.390 e. The van der Waals surface area contributed by atoms with Crippen LogP contribution in [0.4, 0.5) is 0 Å². The van der Waals surface area contributed by atoms with E-state index < -0.39 is 11.0 Å². The SMILES string of the molecule is CC1(C)CC[C@]2(O)CC[C@]3(C)C(C(=O)CC4[C@@]5(C)C=C(C#N)C(=O)C(C)(C)[C@@H]5CC[C@]43C)C2C1. The molecule has 0 aromatic heterocycles. The molecule has 4 nitrogen and oxygen atoms in total. The molecular formula is C30H43NO3. The third-order valence-electron chi connectivity index (χ3n) is 12.4. The zero-order valence-corrected chi connectivity index (χ0v) is 22.3. The van der Waals surface area contributed by atoms with Crippen LogP contribution in [0.15, 0.2) is 11.6 Å². The monoisotopic (exact) mass is 465 g/mol. The van der Waals surface area contributed by atoms with Gasteiger partial charge in [-0.2, -0.15) is 5.26 Å². The fraction of sp³-hybridized carbons (Fsp3) is 0.833. The highest BCUT2D eigenvalue weighted by atomic mass is 16.3. The van der Waals surface area contributed by atoms with E-state index in [4.69, 9.17) is 0 Å². The topological polar surface area (TPSA) is 78.2 Å². The summed E-state index contributed by atoms with van der Waals surface area (Å²) >= 11 is 0. The molecule has 0 aromatic rings. The van der Waals surface area contributed by atoms with Gasteiger partial charge in [0.25, 0.3) is 0 Å². The number of carbonyl (C=O) groups is 2. The number of nitriles is 1. The molecule has 8 atom stereocenters. The number of ketones is 2. The van der Waals surface area contributed by atoms with Crippen molar-refractivity contribution in [2.45, 2.75) is 105 Å². The third-order valence-corrected chi connectivity index (χ3v) is 12.4. The van der Waals surface area contributed by atoms with Crippen molar-refractivity contribution >= 4 is 11.6 Å². The first kappa shape index (κ1) is 24.2. The molecule has 34 heavy (non-hydrogen) atoms. The average molecular weight is 466 g/mol. The molecule has 5 aliphatic carbocycles. The van der Waals surface area contributed by atoms with Gasteiger partial charge in [-0.25, -0.2) is 0 Å². The van der Waals surface area contributed by atoms with Gasteiger partial charge in [0.15, 0.2) is 5.78 Å². The van der Waals surface area contributed by atoms with Crippen molar-refractivity contribution in [1.29, 1.82) is 5.26 Å². The third kappa shape index (κ3) is 2.80. The maximum Gasteiger partial charge on any atom is 0.178 e. The summed E-state index contributed by atoms with van der Waals surface area (Å²) in [5.74, 6) is 0.426. The molecule has 0 spiro atoms. The van der Waals surface area contributed by atoms with Crippen molar-refractivity contribution in [1.82, 2.24) is 0 Å². The molecule has 0 bridgehead atoms. The van der Waals surface area contributed by atoms with E-state index in [0.717, 1.165) is 44.9 Å². The number of fused-ring (bicyclic) bond motifs is 7. The zero-order chi connectivity index (χ0) is 25.1. The summed E-state index contributed by atoms with van der Waals surface area (Å²) in [7, 11) is 0. The molecule has 5 rings (SSSR count). The van der Waals surface area contributed by atoms with E-state index in [-0.39, 0.29) is 56.7 Å². The second-order valence-electron chi connectivity index (χ2n) is 14.8. The number of hydrogen-bond donors (Lipinski definition) is 1. The van der Waals surface area contributed by atoms with Crippen LogP contribution in [0.1, 0.15) is 99.8 Å². The van der Waals surface area contributed by atoms with Crippen molar-refractivity contribution in [3.8, 4) is 6.07 Å². The minimum absolute atomic E-state index is 0.0281. The van der Waals surface area contributed by atoms with Crippen LogP contribution in [0.25, 0.3) is 0 Å². The van der Waals surface area contributed by atoms with Gasteiger partial charge in [-0.1, -0.05) is 54.5 Å². The predicted molar refractivity (Wildman–Crippen MR) is 131 cm³/mol. The second kappa shape index (κ2) is 6.84. The van der Waals surface area contributed by atoms with Gasteiger partial charge in [-0.05, 0) is 84.4 Å². The number of carbonyl (C=O) groups excluding carboxylic acids is 2. The van der Waals surface area contributed by atoms with Gasteiger partial charge in [0.2, 0.25) is 0 Å². The maximum absolute atomic E-state index is 14.2. The maximum atomic E-state index is 14.2. The lowest BCUT2D eigenvalue weighted by atomic mass is 9.32. The molecule has 0 amide bonds. The molecule has 0 aliphatic heterocycles. The molecule has 4 fully saturated rings. The summed E-state index contributed by atoms with van der Waals surface area (Å²) in [6.07, 6.45) is 8.78. The normalized spacial score (nSPS) is 51.2. The van der Waals surface area contributed by atoms with E-state index in [0.29, 0.717) is 12.2 Å². The molecule has 0 radical (unpaired) electrons.